The van der Waals surface area contributed by atoms with Crippen molar-refractivity contribution >= 4 is 28.3 Å². The molecule has 5 heteroatoms. The normalized spacial score (nSPS) is 11.5. The number of aliphatic hydroxyl groups is 1. The average Bonchev–Trinajstić information content (AvgIpc) is 2.80. The molecule has 0 unspecified atom stereocenters. The van der Waals surface area contributed by atoms with Crippen molar-refractivity contribution in [1.82, 2.24) is 4.57 Å². The number of aromatic nitrogens is 1. The van der Waals surface area contributed by atoms with Gasteiger partial charge in [-0.2, -0.15) is 0 Å². The molecule has 1 heterocycles. The topological polar surface area (TPSA) is 53.3 Å². The lowest BCUT2D eigenvalue weighted by molar-refractivity contribution is 0.512. The second-order valence-corrected chi connectivity index (χ2v) is 4.84. The van der Waals surface area contributed by atoms with Crippen LogP contribution >= 0.6 is 11.6 Å². The zero-order chi connectivity index (χ0) is 14.8. The smallest absolute Gasteiger partial charge is 0.392 e. The number of nitrogens with zero attached hydrogens (tertiary/aromatic N) is 3. The van der Waals surface area contributed by atoms with E-state index in [1.807, 2.05) is 59.2 Å². The summed E-state index contributed by atoms with van der Waals surface area (Å²) in [6.07, 6.45) is 0.961. The molecule has 3 aromatic rings. The second-order valence-electron chi connectivity index (χ2n) is 4.48. The van der Waals surface area contributed by atoms with Crippen LogP contribution in [0.15, 0.2) is 60.8 Å². The second kappa shape index (κ2) is 5.31. The van der Waals surface area contributed by atoms with Crippen molar-refractivity contribution in [1.29, 1.82) is 5.39 Å². The highest BCUT2D eigenvalue weighted by Crippen LogP contribution is 2.36. The Labute approximate surface area is 126 Å². The number of para-hydroxylation sites is 2. The van der Waals surface area contributed by atoms with E-state index in [0.717, 1.165) is 22.8 Å². The van der Waals surface area contributed by atoms with E-state index >= 15 is 0 Å². The highest BCUT2D eigenvalue weighted by Gasteiger charge is 2.21. The van der Waals surface area contributed by atoms with Gasteiger partial charge in [-0.1, -0.05) is 48.0 Å². The molecule has 1 aromatic heterocycles. The van der Waals surface area contributed by atoms with E-state index in [-0.39, 0.29) is 5.76 Å². The van der Waals surface area contributed by atoms with Gasteiger partial charge in [-0.15, -0.1) is 0 Å². The van der Waals surface area contributed by atoms with Gasteiger partial charge in [0.05, 0.1) is 11.1 Å². The molecule has 0 fully saturated rings. The minimum atomic E-state index is -0.187. The number of hydrogen-bond donors (Lipinski definition) is 1. The quantitative estimate of drug-likeness (QED) is 0.535. The fourth-order valence-corrected chi connectivity index (χ4v) is 2.79. The first-order valence-corrected chi connectivity index (χ1v) is 6.70. The zero-order valence-corrected chi connectivity index (χ0v) is 11.7. The standard InChI is InChI=1S/C16H10ClN3O/c17-16-15(14(21)10-19-18)12-8-4-5-9-13(12)20(16)11-6-2-1-3-7-11/h1-10H/p+1. The molecule has 0 saturated heterocycles. The van der Waals surface area contributed by atoms with Gasteiger partial charge >= 0.3 is 6.20 Å². The summed E-state index contributed by atoms with van der Waals surface area (Å²) in [6.45, 7) is 0. The average molecular weight is 297 g/mol. The summed E-state index contributed by atoms with van der Waals surface area (Å²) in [4.78, 5) is 2.86. The van der Waals surface area contributed by atoms with Crippen LogP contribution in [-0.4, -0.2) is 9.67 Å². The Hall–Kier alpha value is -2.77. The van der Waals surface area contributed by atoms with Gasteiger partial charge in [-0.3, -0.25) is 4.57 Å². The number of rotatable bonds is 2. The van der Waals surface area contributed by atoms with E-state index in [0.29, 0.717) is 10.7 Å². The third-order valence-electron chi connectivity index (χ3n) is 3.27. The maximum Gasteiger partial charge on any atom is 0.392 e. The van der Waals surface area contributed by atoms with Gasteiger partial charge in [0.1, 0.15) is 5.15 Å². The van der Waals surface area contributed by atoms with E-state index in [1.165, 1.54) is 0 Å². The molecule has 4 nitrogen and oxygen atoms in total. The van der Waals surface area contributed by atoms with Crippen molar-refractivity contribution in [3.8, 4) is 5.69 Å². The van der Waals surface area contributed by atoms with E-state index in [2.05, 4.69) is 4.98 Å². The minimum Gasteiger partial charge on any atom is -0.501 e. The first kappa shape index (κ1) is 13.2. The highest BCUT2D eigenvalue weighted by molar-refractivity contribution is 6.33. The van der Waals surface area contributed by atoms with Crippen LogP contribution in [0.2, 0.25) is 5.15 Å². The van der Waals surface area contributed by atoms with Gasteiger partial charge in [-0.25, -0.2) is 0 Å². The number of aliphatic hydroxyl groups excluding tert-OH is 1. The van der Waals surface area contributed by atoms with Crippen molar-refractivity contribution < 1.29 is 5.11 Å². The fraction of sp³-hybridized carbons (Fsp3) is 0. The Morgan fingerprint density at radius 1 is 1.10 bits per heavy atom. The summed E-state index contributed by atoms with van der Waals surface area (Å²) in [6, 6.07) is 17.2. The SMILES string of the molecule is N#[N+]C=C(O)c1c(Cl)n(-c2ccccc2)c2ccccc12. The Bertz CT molecular complexity index is 876. The zero-order valence-electron chi connectivity index (χ0n) is 10.9. The molecular weight excluding hydrogens is 286 g/mol. The highest BCUT2D eigenvalue weighted by atomic mass is 35.5. The molecule has 0 atom stereocenters. The fourth-order valence-electron chi connectivity index (χ4n) is 2.40. The Kier molecular flexibility index (Phi) is 3.35. The van der Waals surface area contributed by atoms with Gasteiger partial charge in [0, 0.05) is 11.1 Å². The third kappa shape index (κ3) is 2.14. The molecule has 0 amide bonds. The molecule has 2 aromatic carbocycles. The van der Waals surface area contributed by atoms with Gasteiger partial charge in [-0.05, 0) is 18.2 Å². The first-order valence-electron chi connectivity index (χ1n) is 6.32. The maximum absolute atomic E-state index is 10.1. The van der Waals surface area contributed by atoms with Crippen LogP contribution in [0.4, 0.5) is 0 Å². The van der Waals surface area contributed by atoms with Crippen LogP contribution in [0.25, 0.3) is 27.3 Å². The van der Waals surface area contributed by atoms with Crippen molar-refractivity contribution in [2.24, 2.45) is 0 Å². The largest absolute Gasteiger partial charge is 0.501 e. The lowest BCUT2D eigenvalue weighted by Crippen LogP contribution is -1.93. The van der Waals surface area contributed by atoms with E-state index in [1.54, 1.807) is 0 Å². The number of diazo groups is 1. The van der Waals surface area contributed by atoms with Crippen LogP contribution in [0, 0.1) is 5.39 Å². The molecule has 0 spiro atoms. The van der Waals surface area contributed by atoms with Crippen LogP contribution in [0.1, 0.15) is 5.56 Å². The van der Waals surface area contributed by atoms with E-state index in [4.69, 9.17) is 17.0 Å². The molecule has 102 valence electrons. The predicted octanol–water partition coefficient (Wildman–Crippen LogP) is 4.99. The van der Waals surface area contributed by atoms with Crippen LogP contribution in [-0.2, 0) is 0 Å². The number of hydrogen-bond acceptors (Lipinski definition) is 2. The molecule has 3 rings (SSSR count). The predicted molar refractivity (Wildman–Crippen MR) is 84.0 cm³/mol. The molecule has 1 N–H and O–H groups in total. The third-order valence-corrected chi connectivity index (χ3v) is 3.63. The van der Waals surface area contributed by atoms with E-state index in [9.17, 15) is 5.11 Å². The molecule has 0 bridgehead atoms. The van der Waals surface area contributed by atoms with Crippen LogP contribution < -0.4 is 0 Å². The van der Waals surface area contributed by atoms with Gasteiger partial charge in [0.2, 0.25) is 11.2 Å². The number of halogens is 1. The van der Waals surface area contributed by atoms with Gasteiger partial charge in [0.25, 0.3) is 0 Å². The summed E-state index contributed by atoms with van der Waals surface area (Å²) in [5.74, 6) is -0.187. The molecule has 0 aliphatic heterocycles. The molecule has 0 saturated carbocycles. The van der Waals surface area contributed by atoms with Crippen LogP contribution in [0.3, 0.4) is 0 Å². The summed E-state index contributed by atoms with van der Waals surface area (Å²) in [5, 5.41) is 19.8. The van der Waals surface area contributed by atoms with Gasteiger partial charge < -0.3 is 5.11 Å². The molecule has 0 aliphatic carbocycles. The van der Waals surface area contributed by atoms with Gasteiger partial charge in [0.15, 0.2) is 4.98 Å². The summed E-state index contributed by atoms with van der Waals surface area (Å²) in [7, 11) is 0. The number of fused-ring (bicyclic) bond motifs is 1. The summed E-state index contributed by atoms with van der Waals surface area (Å²) >= 11 is 6.46. The monoisotopic (exact) mass is 296 g/mol. The van der Waals surface area contributed by atoms with Crippen molar-refractivity contribution in [2.45, 2.75) is 0 Å². The minimum absolute atomic E-state index is 0.187. The lowest BCUT2D eigenvalue weighted by atomic mass is 10.1. The first-order chi connectivity index (χ1) is 10.2. The van der Waals surface area contributed by atoms with E-state index < -0.39 is 0 Å². The van der Waals surface area contributed by atoms with Crippen molar-refractivity contribution in [3.05, 3.63) is 76.5 Å². The number of benzene rings is 2. The molecular formula is C16H11ClN3O+. The lowest BCUT2D eigenvalue weighted by Gasteiger charge is -2.06. The molecule has 0 radical (unpaired) electrons. The Morgan fingerprint density at radius 3 is 2.48 bits per heavy atom. The Morgan fingerprint density at radius 2 is 1.76 bits per heavy atom. The molecule has 0 aliphatic rings. The van der Waals surface area contributed by atoms with Crippen LogP contribution in [0.5, 0.6) is 0 Å². The molecule has 21 heavy (non-hydrogen) atoms. The maximum atomic E-state index is 10.1. The summed E-state index contributed by atoms with van der Waals surface area (Å²) in [5.41, 5.74) is 2.19. The Balaban J connectivity index is 2.40. The summed E-state index contributed by atoms with van der Waals surface area (Å²) < 4.78 is 1.84. The van der Waals surface area contributed by atoms with Crippen molar-refractivity contribution in [3.63, 3.8) is 0 Å². The van der Waals surface area contributed by atoms with Crippen molar-refractivity contribution in [2.75, 3.05) is 0 Å².